The van der Waals surface area contributed by atoms with Crippen LogP contribution in [0.4, 0.5) is 0 Å². The van der Waals surface area contributed by atoms with Gasteiger partial charge in [-0.3, -0.25) is 4.79 Å². The molecule has 0 radical (unpaired) electrons. The van der Waals surface area contributed by atoms with E-state index in [1.807, 2.05) is 13.8 Å². The van der Waals surface area contributed by atoms with Crippen molar-refractivity contribution in [3.05, 3.63) is 0 Å². The van der Waals surface area contributed by atoms with Gasteiger partial charge >= 0.3 is 5.97 Å². The van der Waals surface area contributed by atoms with Gasteiger partial charge in [-0.15, -0.1) is 0 Å². The lowest BCUT2D eigenvalue weighted by atomic mass is 9.84. The van der Waals surface area contributed by atoms with E-state index in [1.54, 1.807) is 0 Å². The van der Waals surface area contributed by atoms with E-state index in [1.165, 1.54) is 7.11 Å². The van der Waals surface area contributed by atoms with Crippen LogP contribution >= 0.6 is 0 Å². The summed E-state index contributed by atoms with van der Waals surface area (Å²) in [5.74, 6) is -0.691. The van der Waals surface area contributed by atoms with Crippen molar-refractivity contribution in [3.63, 3.8) is 0 Å². The molecule has 0 aromatic heterocycles. The minimum atomic E-state index is -0.624. The molecule has 0 spiro atoms. The van der Waals surface area contributed by atoms with E-state index in [9.17, 15) is 9.90 Å². The summed E-state index contributed by atoms with van der Waals surface area (Å²) in [7, 11) is 1.34. The highest BCUT2D eigenvalue weighted by atomic mass is 16.5. The molecule has 0 aromatic carbocycles. The quantitative estimate of drug-likeness (QED) is 0.614. The van der Waals surface area contributed by atoms with Crippen LogP contribution in [0.3, 0.4) is 0 Å². The Morgan fingerprint density at radius 1 is 1.43 bits per heavy atom. The number of hydrogen-bond acceptors (Lipinski definition) is 4. The summed E-state index contributed by atoms with van der Waals surface area (Å²) in [4.78, 5) is 11.1. The fraction of sp³-hybridized carbons (Fsp3) is 0.900. The third-order valence-corrected chi connectivity index (χ3v) is 2.36. The van der Waals surface area contributed by atoms with Crippen LogP contribution in [0.1, 0.15) is 33.1 Å². The summed E-state index contributed by atoms with van der Waals surface area (Å²) in [6, 6.07) is 0.0286. The molecular formula is C10H21NO3. The zero-order valence-corrected chi connectivity index (χ0v) is 9.19. The van der Waals surface area contributed by atoms with Gasteiger partial charge in [0, 0.05) is 6.04 Å². The van der Waals surface area contributed by atoms with Crippen molar-refractivity contribution in [3.8, 4) is 0 Å². The van der Waals surface area contributed by atoms with Gasteiger partial charge in [-0.25, -0.2) is 0 Å². The second-order valence-corrected chi connectivity index (χ2v) is 3.27. The van der Waals surface area contributed by atoms with E-state index in [0.29, 0.717) is 12.8 Å². The molecule has 0 amide bonds. The van der Waals surface area contributed by atoms with Crippen LogP contribution < -0.4 is 5.73 Å². The van der Waals surface area contributed by atoms with Crippen LogP contribution in [0.25, 0.3) is 0 Å². The van der Waals surface area contributed by atoms with Gasteiger partial charge in [0.05, 0.1) is 19.1 Å². The Bertz CT molecular complexity index is 173. The molecule has 3 unspecified atom stereocenters. The lowest BCUT2D eigenvalue weighted by molar-refractivity contribution is -0.151. The molecule has 4 heteroatoms. The molecule has 14 heavy (non-hydrogen) atoms. The van der Waals surface area contributed by atoms with Gasteiger partial charge in [-0.2, -0.15) is 0 Å². The van der Waals surface area contributed by atoms with Crippen LogP contribution in [0.2, 0.25) is 0 Å². The van der Waals surface area contributed by atoms with Crippen molar-refractivity contribution in [1.29, 1.82) is 0 Å². The fourth-order valence-electron chi connectivity index (χ4n) is 1.60. The molecule has 0 bridgehead atoms. The lowest BCUT2D eigenvalue weighted by Gasteiger charge is -2.29. The summed E-state index contributed by atoms with van der Waals surface area (Å²) in [5, 5.41) is 9.46. The van der Waals surface area contributed by atoms with Crippen LogP contribution in [0, 0.1) is 5.92 Å². The highest BCUT2D eigenvalue weighted by Crippen LogP contribution is 2.24. The van der Waals surface area contributed by atoms with Gasteiger partial charge in [0.2, 0.25) is 0 Å². The molecule has 1 aliphatic carbocycles. The molecule has 4 nitrogen and oxygen atoms in total. The molecule has 1 saturated carbocycles. The van der Waals surface area contributed by atoms with Gasteiger partial charge in [0.15, 0.2) is 0 Å². The van der Waals surface area contributed by atoms with Crippen molar-refractivity contribution < 1.29 is 14.6 Å². The number of carbonyl (C=O) groups excluding carboxylic acids is 1. The number of aliphatic hydroxyl groups excluding tert-OH is 1. The Morgan fingerprint density at radius 2 is 2.00 bits per heavy atom. The van der Waals surface area contributed by atoms with Crippen molar-refractivity contribution in [2.45, 2.75) is 45.3 Å². The molecular weight excluding hydrogens is 182 g/mol. The normalized spacial score (nSPS) is 31.4. The van der Waals surface area contributed by atoms with E-state index in [2.05, 4.69) is 4.74 Å². The summed E-state index contributed by atoms with van der Waals surface area (Å²) in [6.45, 7) is 4.00. The van der Waals surface area contributed by atoms with Gasteiger partial charge < -0.3 is 15.6 Å². The summed E-state index contributed by atoms with van der Waals surface area (Å²) < 4.78 is 4.56. The van der Waals surface area contributed by atoms with E-state index >= 15 is 0 Å². The average molecular weight is 203 g/mol. The highest BCUT2D eigenvalue weighted by Gasteiger charge is 2.33. The predicted octanol–water partition coefficient (Wildman–Crippen LogP) is 0.674. The Hall–Kier alpha value is -0.610. The van der Waals surface area contributed by atoms with Crippen LogP contribution in [0.5, 0.6) is 0 Å². The maximum absolute atomic E-state index is 11.1. The number of aliphatic hydroxyl groups is 1. The second kappa shape index (κ2) is 6.79. The Balaban J connectivity index is 0.000000791. The first-order valence-corrected chi connectivity index (χ1v) is 5.16. The summed E-state index contributed by atoms with van der Waals surface area (Å²) in [6.07, 6.45) is 1.30. The number of rotatable bonds is 1. The summed E-state index contributed by atoms with van der Waals surface area (Å²) in [5.41, 5.74) is 5.62. The number of carbonyl (C=O) groups is 1. The molecule has 3 atom stereocenters. The van der Waals surface area contributed by atoms with E-state index in [0.717, 1.165) is 6.42 Å². The average Bonchev–Trinajstić information content (AvgIpc) is 2.20. The van der Waals surface area contributed by atoms with Crippen molar-refractivity contribution in [2.75, 3.05) is 7.11 Å². The predicted molar refractivity (Wildman–Crippen MR) is 54.7 cm³/mol. The smallest absolute Gasteiger partial charge is 0.311 e. The molecule has 0 heterocycles. The van der Waals surface area contributed by atoms with Gasteiger partial charge in [-0.05, 0) is 19.3 Å². The fourth-order valence-corrected chi connectivity index (χ4v) is 1.60. The van der Waals surface area contributed by atoms with E-state index in [4.69, 9.17) is 5.73 Å². The third kappa shape index (κ3) is 3.64. The Morgan fingerprint density at radius 3 is 2.43 bits per heavy atom. The minimum absolute atomic E-state index is 0.0286. The molecule has 1 fully saturated rings. The summed E-state index contributed by atoms with van der Waals surface area (Å²) >= 11 is 0. The molecule has 1 rings (SSSR count). The van der Waals surface area contributed by atoms with E-state index < -0.39 is 6.10 Å². The van der Waals surface area contributed by atoms with Gasteiger partial charge in [0.1, 0.15) is 0 Å². The number of hydrogen-bond donors (Lipinski definition) is 2. The van der Waals surface area contributed by atoms with Crippen molar-refractivity contribution in [2.24, 2.45) is 11.7 Å². The zero-order valence-electron chi connectivity index (χ0n) is 9.19. The standard InChI is InChI=1S/C8H15NO3.C2H6/c1-12-8(11)6-3-2-5(9)4-7(6)10;1-2/h5-7,10H,2-4,9H2,1H3;1-2H3. The number of ether oxygens (including phenoxy) is 1. The zero-order chi connectivity index (χ0) is 11.1. The van der Waals surface area contributed by atoms with Crippen LogP contribution in [0.15, 0.2) is 0 Å². The molecule has 3 N–H and O–H groups in total. The minimum Gasteiger partial charge on any atom is -0.469 e. The van der Waals surface area contributed by atoms with Gasteiger partial charge in [0.25, 0.3) is 0 Å². The molecule has 0 saturated heterocycles. The topological polar surface area (TPSA) is 72.5 Å². The monoisotopic (exact) mass is 203 g/mol. The van der Waals surface area contributed by atoms with Crippen molar-refractivity contribution in [1.82, 2.24) is 0 Å². The Labute approximate surface area is 85.4 Å². The first-order valence-electron chi connectivity index (χ1n) is 5.16. The molecule has 84 valence electrons. The molecule has 0 aliphatic heterocycles. The number of esters is 1. The Kier molecular flexibility index (Phi) is 6.49. The van der Waals surface area contributed by atoms with Crippen LogP contribution in [-0.2, 0) is 9.53 Å². The second-order valence-electron chi connectivity index (χ2n) is 3.27. The van der Waals surface area contributed by atoms with Crippen LogP contribution in [-0.4, -0.2) is 30.3 Å². The first-order chi connectivity index (χ1) is 6.65. The largest absolute Gasteiger partial charge is 0.469 e. The lowest BCUT2D eigenvalue weighted by Crippen LogP contribution is -2.40. The third-order valence-electron chi connectivity index (χ3n) is 2.36. The molecule has 1 aliphatic rings. The maximum Gasteiger partial charge on any atom is 0.311 e. The maximum atomic E-state index is 11.1. The number of nitrogens with two attached hydrogens (primary N) is 1. The van der Waals surface area contributed by atoms with Gasteiger partial charge in [-0.1, -0.05) is 13.8 Å². The number of methoxy groups -OCH3 is 1. The SMILES string of the molecule is CC.COC(=O)C1CCC(N)CC1O. The molecule has 0 aromatic rings. The first kappa shape index (κ1) is 13.4. The van der Waals surface area contributed by atoms with Crippen molar-refractivity contribution >= 4 is 5.97 Å². The highest BCUT2D eigenvalue weighted by molar-refractivity contribution is 5.73. The van der Waals surface area contributed by atoms with E-state index in [-0.39, 0.29) is 17.9 Å².